The highest BCUT2D eigenvalue weighted by Crippen LogP contribution is 2.47. The van der Waals surface area contributed by atoms with Gasteiger partial charge in [0.25, 0.3) is 0 Å². The van der Waals surface area contributed by atoms with Gasteiger partial charge in [-0.3, -0.25) is 14.6 Å². The number of halogens is 2. The van der Waals surface area contributed by atoms with Crippen molar-refractivity contribution < 1.29 is 9.59 Å². The zero-order valence-corrected chi connectivity index (χ0v) is 14.2. The van der Waals surface area contributed by atoms with Crippen LogP contribution in [0.15, 0.2) is 42.7 Å². The summed E-state index contributed by atoms with van der Waals surface area (Å²) in [6.07, 6.45) is 4.34. The van der Waals surface area contributed by atoms with Gasteiger partial charge in [0.2, 0.25) is 11.8 Å². The topological polar surface area (TPSA) is 71.1 Å². The molecule has 1 aromatic heterocycles. The summed E-state index contributed by atoms with van der Waals surface area (Å²) in [5.74, 6) is -0.645. The average molecular weight is 364 g/mol. The van der Waals surface area contributed by atoms with Gasteiger partial charge in [-0.05, 0) is 42.7 Å². The lowest BCUT2D eigenvalue weighted by Crippen LogP contribution is -2.39. The van der Waals surface area contributed by atoms with Gasteiger partial charge in [-0.15, -0.1) is 0 Å². The molecule has 1 saturated carbocycles. The van der Waals surface area contributed by atoms with E-state index in [-0.39, 0.29) is 16.8 Å². The molecule has 0 radical (unpaired) electrons. The molecule has 0 atom stereocenters. The second-order valence-corrected chi connectivity index (χ2v) is 6.46. The summed E-state index contributed by atoms with van der Waals surface area (Å²) in [5, 5.41) is 6.13. The Balaban J connectivity index is 1.65. The van der Waals surface area contributed by atoms with Crippen LogP contribution >= 0.6 is 23.2 Å². The first kappa shape index (κ1) is 16.7. The Hall–Kier alpha value is -2.11. The highest BCUT2D eigenvalue weighted by atomic mass is 35.5. The fourth-order valence-corrected chi connectivity index (χ4v) is 2.72. The molecule has 2 N–H and O–H groups in total. The number of rotatable bonds is 5. The molecule has 1 aliphatic carbocycles. The molecule has 7 heteroatoms. The minimum atomic E-state index is -1.03. The molecular weight excluding hydrogens is 349 g/mol. The van der Waals surface area contributed by atoms with Crippen LogP contribution in [0, 0.1) is 5.41 Å². The zero-order valence-electron chi connectivity index (χ0n) is 12.7. The third kappa shape index (κ3) is 3.37. The van der Waals surface area contributed by atoms with Crippen LogP contribution in [0.1, 0.15) is 18.4 Å². The fourth-order valence-electron chi connectivity index (χ4n) is 2.38. The van der Waals surface area contributed by atoms with Gasteiger partial charge in [0, 0.05) is 18.9 Å². The Morgan fingerprint density at radius 1 is 1.08 bits per heavy atom. The maximum Gasteiger partial charge on any atom is 0.240 e. The van der Waals surface area contributed by atoms with Crippen molar-refractivity contribution in [1.29, 1.82) is 0 Å². The van der Waals surface area contributed by atoms with Crippen LogP contribution in [0.25, 0.3) is 0 Å². The van der Waals surface area contributed by atoms with Crippen LogP contribution in [0.3, 0.4) is 0 Å². The molecule has 1 heterocycles. The Morgan fingerprint density at radius 2 is 1.79 bits per heavy atom. The van der Waals surface area contributed by atoms with Gasteiger partial charge < -0.3 is 10.6 Å². The maximum absolute atomic E-state index is 12.5. The van der Waals surface area contributed by atoms with E-state index in [1.165, 1.54) is 0 Å². The number of aromatic nitrogens is 1. The number of nitrogens with one attached hydrogen (secondary N) is 2. The second kappa shape index (κ2) is 6.79. The predicted molar refractivity (Wildman–Crippen MR) is 92.8 cm³/mol. The highest BCUT2D eigenvalue weighted by Gasteiger charge is 2.56. The summed E-state index contributed by atoms with van der Waals surface area (Å²) in [5.41, 5.74) is 0.299. The predicted octanol–water partition coefficient (Wildman–Crippen LogP) is 3.42. The Kier molecular flexibility index (Phi) is 4.73. The lowest BCUT2D eigenvalue weighted by Gasteiger charge is -2.16. The number of pyridine rings is 1. The summed E-state index contributed by atoms with van der Waals surface area (Å²) < 4.78 is 0. The van der Waals surface area contributed by atoms with Crippen molar-refractivity contribution in [2.45, 2.75) is 19.4 Å². The van der Waals surface area contributed by atoms with Crippen molar-refractivity contribution >= 4 is 40.7 Å². The average Bonchev–Trinajstić information content (AvgIpc) is 3.40. The highest BCUT2D eigenvalue weighted by molar-refractivity contribution is 6.44. The molecular formula is C17H15Cl2N3O2. The Labute approximate surface area is 149 Å². The van der Waals surface area contributed by atoms with E-state index in [0.717, 1.165) is 5.56 Å². The van der Waals surface area contributed by atoms with E-state index in [1.807, 2.05) is 12.1 Å². The third-order valence-corrected chi connectivity index (χ3v) is 4.84. The minimum absolute atomic E-state index is 0.264. The molecule has 0 bridgehead atoms. The summed E-state index contributed by atoms with van der Waals surface area (Å²) in [6.45, 7) is 0.355. The van der Waals surface area contributed by atoms with Crippen molar-refractivity contribution in [1.82, 2.24) is 10.3 Å². The van der Waals surface area contributed by atoms with Crippen molar-refractivity contribution in [2.24, 2.45) is 5.41 Å². The molecule has 1 fully saturated rings. The molecule has 0 spiro atoms. The number of hydrogen-bond donors (Lipinski definition) is 2. The van der Waals surface area contributed by atoms with Gasteiger partial charge in [0.15, 0.2) is 0 Å². The molecule has 0 saturated heterocycles. The first-order chi connectivity index (χ1) is 11.5. The summed E-state index contributed by atoms with van der Waals surface area (Å²) in [6, 6.07) is 8.59. The number of amides is 2. The summed E-state index contributed by atoms with van der Waals surface area (Å²) >= 11 is 12.0. The minimum Gasteiger partial charge on any atom is -0.351 e. The molecule has 124 valence electrons. The monoisotopic (exact) mass is 363 g/mol. The SMILES string of the molecule is O=C(NCc1ccncc1)C1(C(=O)Nc2cccc(Cl)c2Cl)CC1. The van der Waals surface area contributed by atoms with E-state index in [0.29, 0.717) is 30.1 Å². The first-order valence-corrected chi connectivity index (χ1v) is 8.21. The molecule has 0 unspecified atom stereocenters. The lowest BCUT2D eigenvalue weighted by molar-refractivity contribution is -0.134. The molecule has 1 aromatic carbocycles. The van der Waals surface area contributed by atoms with Crippen LogP contribution < -0.4 is 10.6 Å². The Morgan fingerprint density at radius 3 is 2.46 bits per heavy atom. The molecule has 24 heavy (non-hydrogen) atoms. The van der Waals surface area contributed by atoms with E-state index >= 15 is 0 Å². The van der Waals surface area contributed by atoms with E-state index in [1.54, 1.807) is 30.6 Å². The van der Waals surface area contributed by atoms with Gasteiger partial charge in [-0.1, -0.05) is 29.3 Å². The van der Waals surface area contributed by atoms with E-state index < -0.39 is 5.41 Å². The molecule has 2 aromatic rings. The zero-order chi connectivity index (χ0) is 17.2. The number of carbonyl (C=O) groups excluding carboxylic acids is 2. The van der Waals surface area contributed by atoms with Crippen LogP contribution in [0.4, 0.5) is 5.69 Å². The van der Waals surface area contributed by atoms with Gasteiger partial charge in [0.05, 0.1) is 15.7 Å². The number of hydrogen-bond acceptors (Lipinski definition) is 3. The molecule has 3 rings (SSSR count). The standard InChI is InChI=1S/C17H15Cl2N3O2/c18-12-2-1-3-13(14(12)19)22-16(24)17(6-7-17)15(23)21-10-11-4-8-20-9-5-11/h1-5,8-9H,6-7,10H2,(H,21,23)(H,22,24). The fraction of sp³-hybridized carbons (Fsp3) is 0.235. The van der Waals surface area contributed by atoms with Crippen molar-refractivity contribution in [3.8, 4) is 0 Å². The van der Waals surface area contributed by atoms with Crippen molar-refractivity contribution in [3.63, 3.8) is 0 Å². The normalized spacial score (nSPS) is 14.8. The van der Waals surface area contributed by atoms with Crippen LogP contribution in [-0.2, 0) is 16.1 Å². The quantitative estimate of drug-likeness (QED) is 0.799. The first-order valence-electron chi connectivity index (χ1n) is 7.45. The maximum atomic E-state index is 12.5. The van der Waals surface area contributed by atoms with Gasteiger partial charge in [-0.25, -0.2) is 0 Å². The number of benzene rings is 1. The Bertz CT molecular complexity index is 777. The van der Waals surface area contributed by atoms with Crippen LogP contribution in [-0.4, -0.2) is 16.8 Å². The lowest BCUT2D eigenvalue weighted by atomic mass is 10.0. The van der Waals surface area contributed by atoms with Crippen molar-refractivity contribution in [3.05, 3.63) is 58.3 Å². The van der Waals surface area contributed by atoms with Crippen LogP contribution in [0.5, 0.6) is 0 Å². The third-order valence-electron chi connectivity index (χ3n) is 4.02. The van der Waals surface area contributed by atoms with Gasteiger partial charge in [0.1, 0.15) is 5.41 Å². The van der Waals surface area contributed by atoms with E-state index in [9.17, 15) is 9.59 Å². The van der Waals surface area contributed by atoms with Crippen LogP contribution in [0.2, 0.25) is 10.0 Å². The molecule has 5 nitrogen and oxygen atoms in total. The summed E-state index contributed by atoms with van der Waals surface area (Å²) in [4.78, 5) is 28.9. The largest absolute Gasteiger partial charge is 0.351 e. The smallest absolute Gasteiger partial charge is 0.240 e. The van der Waals surface area contributed by atoms with Gasteiger partial charge >= 0.3 is 0 Å². The molecule has 2 amide bonds. The van der Waals surface area contributed by atoms with E-state index in [2.05, 4.69) is 15.6 Å². The van der Waals surface area contributed by atoms with Gasteiger partial charge in [-0.2, -0.15) is 0 Å². The number of nitrogens with zero attached hydrogens (tertiary/aromatic N) is 1. The molecule has 1 aliphatic rings. The number of anilines is 1. The van der Waals surface area contributed by atoms with Crippen molar-refractivity contribution in [2.75, 3.05) is 5.32 Å². The van der Waals surface area contributed by atoms with E-state index in [4.69, 9.17) is 23.2 Å². The summed E-state index contributed by atoms with van der Waals surface area (Å²) in [7, 11) is 0. The molecule has 0 aliphatic heterocycles. The second-order valence-electron chi connectivity index (χ2n) is 5.68. The number of carbonyl (C=O) groups is 2.